The number of nitro benzene ring substituents is 1. The number of hydrogen-bond acceptors (Lipinski definition) is 4. The van der Waals surface area contributed by atoms with Crippen molar-refractivity contribution in [2.45, 2.75) is 38.6 Å². The Morgan fingerprint density at radius 3 is 2.76 bits per heavy atom. The van der Waals surface area contributed by atoms with Gasteiger partial charge in [-0.2, -0.15) is 0 Å². The van der Waals surface area contributed by atoms with E-state index in [9.17, 15) is 15.2 Å². The van der Waals surface area contributed by atoms with E-state index in [1.54, 1.807) is 0 Å². The highest BCUT2D eigenvalue weighted by Gasteiger charge is 2.19. The van der Waals surface area contributed by atoms with Gasteiger partial charge in [0.05, 0.1) is 10.5 Å². The normalized spacial score (nSPS) is 12.4. The smallest absolute Gasteiger partial charge is 0.274 e. The summed E-state index contributed by atoms with van der Waals surface area (Å²) in [5.41, 5.74) is 6.31. The third-order valence-corrected chi connectivity index (χ3v) is 2.73. The predicted molar refractivity (Wildman–Crippen MR) is 65.8 cm³/mol. The Bertz CT molecular complexity index is 393. The van der Waals surface area contributed by atoms with E-state index in [-0.39, 0.29) is 11.4 Å². The molecule has 0 heterocycles. The molecule has 5 nitrogen and oxygen atoms in total. The Morgan fingerprint density at radius 1 is 1.47 bits per heavy atom. The molecule has 0 spiro atoms. The molecule has 1 aromatic rings. The average molecular weight is 238 g/mol. The number of rotatable bonds is 6. The second-order valence-electron chi connectivity index (χ2n) is 4.10. The summed E-state index contributed by atoms with van der Waals surface area (Å²) in [6.45, 7) is 2.09. The van der Waals surface area contributed by atoms with Crippen LogP contribution in [-0.2, 0) is 0 Å². The molecule has 1 rings (SSSR count). The van der Waals surface area contributed by atoms with Gasteiger partial charge < -0.3 is 10.8 Å². The lowest BCUT2D eigenvalue weighted by molar-refractivity contribution is -0.385. The number of unbranched alkanes of at least 4 members (excludes halogenated alkanes) is 2. The van der Waals surface area contributed by atoms with Crippen molar-refractivity contribution in [2.24, 2.45) is 5.73 Å². The van der Waals surface area contributed by atoms with Crippen LogP contribution >= 0.6 is 0 Å². The van der Waals surface area contributed by atoms with Crippen LogP contribution in [0.1, 0.15) is 44.2 Å². The monoisotopic (exact) mass is 238 g/mol. The van der Waals surface area contributed by atoms with Gasteiger partial charge in [0.15, 0.2) is 0 Å². The number of aromatic hydroxyl groups is 1. The lowest BCUT2D eigenvalue weighted by Gasteiger charge is -2.12. The minimum atomic E-state index is -0.464. The van der Waals surface area contributed by atoms with Crippen molar-refractivity contribution in [3.63, 3.8) is 0 Å². The summed E-state index contributed by atoms with van der Waals surface area (Å²) in [4.78, 5) is 10.4. The molecule has 1 atom stereocenters. The summed E-state index contributed by atoms with van der Waals surface area (Å²) in [5.74, 6) is 0.0107. The third kappa shape index (κ3) is 3.71. The van der Waals surface area contributed by atoms with E-state index in [1.165, 1.54) is 18.2 Å². The standard InChI is InChI=1S/C12H18N2O3/c1-2-3-4-5-11(13)10-8-9(15)6-7-12(10)14(16)17/h6-8,11,15H,2-5,13H2,1H3/t11-/m0/s1. The number of nitrogens with zero attached hydrogens (tertiary/aromatic N) is 1. The molecule has 0 bridgehead atoms. The molecule has 0 saturated carbocycles. The molecule has 94 valence electrons. The summed E-state index contributed by atoms with van der Waals surface area (Å²) in [5, 5.41) is 20.2. The maximum atomic E-state index is 10.8. The largest absolute Gasteiger partial charge is 0.508 e. The molecule has 1 aromatic carbocycles. The average Bonchev–Trinajstić information content (AvgIpc) is 2.28. The van der Waals surface area contributed by atoms with Crippen LogP contribution in [-0.4, -0.2) is 10.0 Å². The maximum Gasteiger partial charge on any atom is 0.274 e. The Balaban J connectivity index is 2.86. The van der Waals surface area contributed by atoms with E-state index in [1.807, 2.05) is 0 Å². The van der Waals surface area contributed by atoms with Crippen molar-refractivity contribution in [2.75, 3.05) is 0 Å². The fourth-order valence-electron chi connectivity index (χ4n) is 1.77. The van der Waals surface area contributed by atoms with Crippen LogP contribution in [0.15, 0.2) is 18.2 Å². The highest BCUT2D eigenvalue weighted by molar-refractivity contribution is 5.46. The molecule has 0 aromatic heterocycles. The second kappa shape index (κ2) is 6.20. The summed E-state index contributed by atoms with van der Waals surface area (Å²) in [6.07, 6.45) is 3.76. The van der Waals surface area contributed by atoms with Gasteiger partial charge in [0, 0.05) is 12.1 Å². The Morgan fingerprint density at radius 2 is 2.18 bits per heavy atom. The Hall–Kier alpha value is -1.62. The maximum absolute atomic E-state index is 10.8. The van der Waals surface area contributed by atoms with Gasteiger partial charge >= 0.3 is 0 Å². The van der Waals surface area contributed by atoms with Crippen molar-refractivity contribution >= 4 is 5.69 Å². The summed E-state index contributed by atoms with van der Waals surface area (Å²) in [7, 11) is 0. The molecule has 0 radical (unpaired) electrons. The van der Waals surface area contributed by atoms with Crippen LogP contribution in [0.4, 0.5) is 5.69 Å². The minimum absolute atomic E-state index is 0.0107. The molecule has 0 aliphatic rings. The van der Waals surface area contributed by atoms with Gasteiger partial charge in [-0.15, -0.1) is 0 Å². The predicted octanol–water partition coefficient (Wildman–Crippen LogP) is 2.88. The first-order valence-electron chi connectivity index (χ1n) is 5.79. The number of phenolic OH excluding ortho intramolecular Hbond substituents is 1. The van der Waals surface area contributed by atoms with Gasteiger partial charge in [-0.1, -0.05) is 26.2 Å². The van der Waals surface area contributed by atoms with Gasteiger partial charge in [-0.05, 0) is 18.6 Å². The summed E-state index contributed by atoms with van der Waals surface area (Å²) >= 11 is 0. The van der Waals surface area contributed by atoms with Crippen LogP contribution in [0.25, 0.3) is 0 Å². The van der Waals surface area contributed by atoms with Gasteiger partial charge in [0.1, 0.15) is 5.75 Å². The molecular formula is C12H18N2O3. The van der Waals surface area contributed by atoms with E-state index in [4.69, 9.17) is 5.73 Å². The van der Waals surface area contributed by atoms with Crippen LogP contribution in [0, 0.1) is 10.1 Å². The highest BCUT2D eigenvalue weighted by Crippen LogP contribution is 2.30. The molecule has 0 amide bonds. The third-order valence-electron chi connectivity index (χ3n) is 2.73. The Labute approximate surface area is 100 Å². The number of nitrogens with two attached hydrogens (primary N) is 1. The Kier molecular flexibility index (Phi) is 4.90. The lowest BCUT2D eigenvalue weighted by Crippen LogP contribution is -2.12. The first kappa shape index (κ1) is 13.4. The summed E-state index contributed by atoms with van der Waals surface area (Å²) < 4.78 is 0. The zero-order chi connectivity index (χ0) is 12.8. The number of hydrogen-bond donors (Lipinski definition) is 2. The fraction of sp³-hybridized carbons (Fsp3) is 0.500. The number of benzene rings is 1. The minimum Gasteiger partial charge on any atom is -0.508 e. The zero-order valence-electron chi connectivity index (χ0n) is 9.93. The molecule has 5 heteroatoms. The van der Waals surface area contributed by atoms with Gasteiger partial charge in [0.2, 0.25) is 0 Å². The summed E-state index contributed by atoms with van der Waals surface area (Å²) in [6, 6.07) is 3.59. The fourth-order valence-corrected chi connectivity index (χ4v) is 1.77. The van der Waals surface area contributed by atoms with Crippen LogP contribution < -0.4 is 5.73 Å². The number of nitro groups is 1. The van der Waals surface area contributed by atoms with Gasteiger partial charge in [-0.25, -0.2) is 0 Å². The van der Waals surface area contributed by atoms with Gasteiger partial charge in [-0.3, -0.25) is 10.1 Å². The molecule has 17 heavy (non-hydrogen) atoms. The quantitative estimate of drug-likeness (QED) is 0.453. The molecule has 0 unspecified atom stereocenters. The number of phenols is 1. The zero-order valence-corrected chi connectivity index (χ0v) is 9.93. The van der Waals surface area contributed by atoms with Crippen molar-refractivity contribution in [3.05, 3.63) is 33.9 Å². The first-order valence-corrected chi connectivity index (χ1v) is 5.79. The van der Waals surface area contributed by atoms with E-state index in [2.05, 4.69) is 6.92 Å². The topological polar surface area (TPSA) is 89.4 Å². The molecule has 0 aliphatic carbocycles. The van der Waals surface area contributed by atoms with E-state index >= 15 is 0 Å². The van der Waals surface area contributed by atoms with Crippen molar-refractivity contribution in [1.29, 1.82) is 0 Å². The molecule has 0 saturated heterocycles. The van der Waals surface area contributed by atoms with Gasteiger partial charge in [0.25, 0.3) is 5.69 Å². The second-order valence-corrected chi connectivity index (χ2v) is 4.10. The van der Waals surface area contributed by atoms with Crippen LogP contribution in [0.5, 0.6) is 5.75 Å². The molecule has 0 aliphatic heterocycles. The van der Waals surface area contributed by atoms with E-state index in [0.29, 0.717) is 12.0 Å². The lowest BCUT2D eigenvalue weighted by atomic mass is 9.99. The SMILES string of the molecule is CCCCC[C@H](N)c1cc(O)ccc1[N+](=O)[O-]. The highest BCUT2D eigenvalue weighted by atomic mass is 16.6. The van der Waals surface area contributed by atoms with Crippen molar-refractivity contribution in [3.8, 4) is 5.75 Å². The van der Waals surface area contributed by atoms with E-state index in [0.717, 1.165) is 19.3 Å². The molecule has 3 N–H and O–H groups in total. The molecule has 0 fully saturated rings. The molecular weight excluding hydrogens is 220 g/mol. The van der Waals surface area contributed by atoms with Crippen LogP contribution in [0.2, 0.25) is 0 Å². The first-order chi connectivity index (χ1) is 8.06. The van der Waals surface area contributed by atoms with E-state index < -0.39 is 11.0 Å². The van der Waals surface area contributed by atoms with Crippen molar-refractivity contribution < 1.29 is 10.0 Å². The van der Waals surface area contributed by atoms with Crippen LogP contribution in [0.3, 0.4) is 0 Å². The van der Waals surface area contributed by atoms with Crippen molar-refractivity contribution in [1.82, 2.24) is 0 Å².